The summed E-state index contributed by atoms with van der Waals surface area (Å²) in [7, 11) is 2.09. The number of rotatable bonds is 6. The minimum absolute atomic E-state index is 0.236. The van der Waals surface area contributed by atoms with Crippen LogP contribution in [0.25, 0.3) is 0 Å². The first-order valence-corrected chi connectivity index (χ1v) is 8.57. The molecular weight excluding hydrogens is 258 g/mol. The number of ether oxygens (including phenoxy) is 1. The van der Waals surface area contributed by atoms with Gasteiger partial charge >= 0.3 is 0 Å². The van der Waals surface area contributed by atoms with Gasteiger partial charge in [0.2, 0.25) is 0 Å². The summed E-state index contributed by atoms with van der Waals surface area (Å²) in [4.78, 5) is 0. The second-order valence-electron chi connectivity index (χ2n) is 6.69. The average molecular weight is 289 g/mol. The van der Waals surface area contributed by atoms with Crippen LogP contribution in [0, 0.1) is 11.8 Å². The Hall–Kier alpha value is -1.02. The van der Waals surface area contributed by atoms with Crippen LogP contribution < -0.4 is 10.1 Å². The predicted molar refractivity (Wildman–Crippen MR) is 89.7 cm³/mol. The summed E-state index contributed by atoms with van der Waals surface area (Å²) in [5.41, 5.74) is 1.40. The Balaban J connectivity index is 2.00. The van der Waals surface area contributed by atoms with Crippen molar-refractivity contribution in [2.75, 3.05) is 7.05 Å². The van der Waals surface area contributed by atoms with E-state index >= 15 is 0 Å². The molecule has 0 bridgehead atoms. The smallest absolute Gasteiger partial charge is 0.119 e. The number of hydrogen-bond acceptors (Lipinski definition) is 2. The van der Waals surface area contributed by atoms with E-state index in [2.05, 4.69) is 57.4 Å². The lowest BCUT2D eigenvalue weighted by Gasteiger charge is -2.34. The molecule has 1 unspecified atom stereocenters. The van der Waals surface area contributed by atoms with E-state index in [4.69, 9.17) is 4.74 Å². The summed E-state index contributed by atoms with van der Waals surface area (Å²) < 4.78 is 5.74. The fourth-order valence-electron chi connectivity index (χ4n) is 3.63. The van der Waals surface area contributed by atoms with Crippen LogP contribution in [0.2, 0.25) is 0 Å². The van der Waals surface area contributed by atoms with Crippen LogP contribution >= 0.6 is 0 Å². The van der Waals surface area contributed by atoms with Crippen molar-refractivity contribution in [1.82, 2.24) is 5.32 Å². The van der Waals surface area contributed by atoms with Crippen LogP contribution in [0.3, 0.4) is 0 Å². The van der Waals surface area contributed by atoms with Crippen molar-refractivity contribution in [1.29, 1.82) is 0 Å². The normalized spacial score (nSPS) is 24.0. The summed E-state index contributed by atoms with van der Waals surface area (Å²) >= 11 is 0. The second-order valence-corrected chi connectivity index (χ2v) is 6.69. The van der Waals surface area contributed by atoms with Gasteiger partial charge in [0.05, 0.1) is 6.10 Å². The van der Waals surface area contributed by atoms with E-state index in [1.165, 1.54) is 37.7 Å². The largest absolute Gasteiger partial charge is 0.491 e. The molecule has 21 heavy (non-hydrogen) atoms. The number of nitrogens with one attached hydrogen (secondary N) is 1. The van der Waals surface area contributed by atoms with Crippen molar-refractivity contribution >= 4 is 0 Å². The van der Waals surface area contributed by atoms with E-state index in [-0.39, 0.29) is 6.10 Å². The third kappa shape index (κ3) is 4.47. The Kier molecular flexibility index (Phi) is 6.10. The van der Waals surface area contributed by atoms with Crippen molar-refractivity contribution in [2.24, 2.45) is 11.8 Å². The topological polar surface area (TPSA) is 21.3 Å². The Labute approximate surface area is 130 Å². The first-order chi connectivity index (χ1) is 10.1. The zero-order chi connectivity index (χ0) is 15.2. The molecule has 0 heterocycles. The van der Waals surface area contributed by atoms with Gasteiger partial charge in [-0.15, -0.1) is 0 Å². The maximum Gasteiger partial charge on any atom is 0.119 e. The maximum atomic E-state index is 5.74. The van der Waals surface area contributed by atoms with Gasteiger partial charge in [-0.3, -0.25) is 0 Å². The third-order valence-corrected chi connectivity index (χ3v) is 4.86. The quantitative estimate of drug-likeness (QED) is 0.800. The zero-order valence-electron chi connectivity index (χ0n) is 14.1. The van der Waals surface area contributed by atoms with Gasteiger partial charge in [0.1, 0.15) is 5.75 Å². The molecule has 2 nitrogen and oxygen atoms in total. The molecule has 0 saturated heterocycles. The molecule has 1 atom stereocenters. The van der Waals surface area contributed by atoms with Gasteiger partial charge in [-0.2, -0.15) is 0 Å². The molecule has 1 aliphatic carbocycles. The Morgan fingerprint density at radius 1 is 1.10 bits per heavy atom. The summed E-state index contributed by atoms with van der Waals surface area (Å²) in [6.07, 6.45) is 7.09. The average Bonchev–Trinajstić information content (AvgIpc) is 2.50. The lowest BCUT2D eigenvalue weighted by molar-refractivity contribution is 0.223. The van der Waals surface area contributed by atoms with Gasteiger partial charge in [-0.05, 0) is 63.3 Å². The Morgan fingerprint density at radius 3 is 2.19 bits per heavy atom. The van der Waals surface area contributed by atoms with E-state index in [1.54, 1.807) is 0 Å². The molecule has 1 saturated carbocycles. The molecule has 1 fully saturated rings. The van der Waals surface area contributed by atoms with Crippen LogP contribution in [0.15, 0.2) is 24.3 Å². The molecule has 0 spiro atoms. The summed E-state index contributed by atoms with van der Waals surface area (Å²) in [6.45, 7) is 6.46. The third-order valence-electron chi connectivity index (χ3n) is 4.86. The molecule has 2 rings (SSSR count). The second kappa shape index (κ2) is 7.84. The SMILES string of the molecule is CCC1CCC(C(NC)c2ccc(OC(C)C)cc2)CC1. The summed E-state index contributed by atoms with van der Waals surface area (Å²) in [6, 6.07) is 9.15. The first-order valence-electron chi connectivity index (χ1n) is 8.57. The van der Waals surface area contributed by atoms with Gasteiger partial charge in [-0.25, -0.2) is 0 Å². The molecule has 0 radical (unpaired) electrons. The molecule has 1 aliphatic rings. The summed E-state index contributed by atoms with van der Waals surface area (Å²) in [5, 5.41) is 3.54. The number of hydrogen-bond donors (Lipinski definition) is 1. The number of benzene rings is 1. The van der Waals surface area contributed by atoms with E-state index in [0.717, 1.165) is 17.6 Å². The first kappa shape index (κ1) is 16.4. The molecular formula is C19H31NO. The van der Waals surface area contributed by atoms with Crippen molar-refractivity contribution in [2.45, 2.75) is 65.0 Å². The van der Waals surface area contributed by atoms with Crippen LogP contribution in [0.1, 0.15) is 64.5 Å². The predicted octanol–water partition coefficient (Wildman–Crippen LogP) is 4.95. The molecule has 0 amide bonds. The van der Waals surface area contributed by atoms with Crippen LogP contribution in [-0.4, -0.2) is 13.2 Å². The monoisotopic (exact) mass is 289 g/mol. The van der Waals surface area contributed by atoms with Crippen LogP contribution in [0.5, 0.6) is 5.75 Å². The van der Waals surface area contributed by atoms with Crippen LogP contribution in [-0.2, 0) is 0 Å². The zero-order valence-corrected chi connectivity index (χ0v) is 14.1. The minimum atomic E-state index is 0.236. The van der Waals surface area contributed by atoms with E-state index in [0.29, 0.717) is 6.04 Å². The molecule has 2 heteroatoms. The molecule has 0 aromatic heterocycles. The lowest BCUT2D eigenvalue weighted by atomic mass is 9.76. The highest BCUT2D eigenvalue weighted by Gasteiger charge is 2.27. The maximum absolute atomic E-state index is 5.74. The highest BCUT2D eigenvalue weighted by Crippen LogP contribution is 2.38. The van der Waals surface area contributed by atoms with Gasteiger partial charge in [0, 0.05) is 6.04 Å². The van der Waals surface area contributed by atoms with E-state index in [1.807, 2.05) is 0 Å². The Bertz CT molecular complexity index is 404. The standard InChI is InChI=1S/C19H31NO/c1-5-15-6-8-16(9-7-15)19(20-4)17-10-12-18(13-11-17)21-14(2)3/h10-16,19-20H,5-9H2,1-4H3. The fourth-order valence-corrected chi connectivity index (χ4v) is 3.63. The fraction of sp³-hybridized carbons (Fsp3) is 0.684. The van der Waals surface area contributed by atoms with Crippen LogP contribution in [0.4, 0.5) is 0 Å². The van der Waals surface area contributed by atoms with Gasteiger partial charge in [-0.1, -0.05) is 38.3 Å². The molecule has 1 aromatic carbocycles. The molecule has 0 aliphatic heterocycles. The highest BCUT2D eigenvalue weighted by atomic mass is 16.5. The lowest BCUT2D eigenvalue weighted by Crippen LogP contribution is -2.28. The van der Waals surface area contributed by atoms with E-state index < -0.39 is 0 Å². The van der Waals surface area contributed by atoms with Gasteiger partial charge in [0.15, 0.2) is 0 Å². The van der Waals surface area contributed by atoms with Crippen molar-refractivity contribution in [3.05, 3.63) is 29.8 Å². The Morgan fingerprint density at radius 2 is 1.71 bits per heavy atom. The van der Waals surface area contributed by atoms with Crippen molar-refractivity contribution < 1.29 is 4.74 Å². The molecule has 1 N–H and O–H groups in total. The summed E-state index contributed by atoms with van der Waals surface area (Å²) in [5.74, 6) is 2.70. The molecule has 118 valence electrons. The minimum Gasteiger partial charge on any atom is -0.491 e. The van der Waals surface area contributed by atoms with Crippen molar-refractivity contribution in [3.8, 4) is 5.75 Å². The highest BCUT2D eigenvalue weighted by molar-refractivity contribution is 5.29. The molecule has 1 aromatic rings. The van der Waals surface area contributed by atoms with Gasteiger partial charge < -0.3 is 10.1 Å². The van der Waals surface area contributed by atoms with E-state index in [9.17, 15) is 0 Å². The van der Waals surface area contributed by atoms with Gasteiger partial charge in [0.25, 0.3) is 0 Å². The van der Waals surface area contributed by atoms with Crippen molar-refractivity contribution in [3.63, 3.8) is 0 Å².